The Balaban J connectivity index is 0.981. The molecule has 0 N–H and O–H groups in total. The van der Waals surface area contributed by atoms with Crippen molar-refractivity contribution in [2.75, 3.05) is 0 Å². The summed E-state index contributed by atoms with van der Waals surface area (Å²) >= 11 is 0. The van der Waals surface area contributed by atoms with Crippen LogP contribution in [0, 0.1) is 108 Å². The normalized spacial score (nSPS) is 16.6. The molecule has 0 spiro atoms. The van der Waals surface area contributed by atoms with Crippen LogP contribution in [0.25, 0.3) is 130 Å². The molecule has 0 radical (unpaired) electrons. The van der Waals surface area contributed by atoms with Crippen molar-refractivity contribution in [3.63, 3.8) is 0 Å². The molecule has 15 heterocycles. The molecular weight excluding hydrogens is 1660 g/mol. The third kappa shape index (κ3) is 20.6. The van der Waals surface area contributed by atoms with E-state index in [1.807, 2.05) is 246 Å². The van der Waals surface area contributed by atoms with Crippen LogP contribution >= 0.6 is 0 Å². The Morgan fingerprint density at radius 3 is 0.548 bits per heavy atom. The van der Waals surface area contributed by atoms with E-state index < -0.39 is 0 Å². The SMILES string of the molecule is C[C@H](C1CCCCC1)n1c(=O)c2ccc(cc2)c(=O)n(CC2CCCCC2)c2ccc(c#cc3c(c#cc4ccc1cc4)c1c#cc4ccc(cc4)n(CC4CCCCC4)c(=O)c4ccc(cc4)c(=O)n([C@H](C)C4CCCCC4)c4ccc(c#cc1c1c#cc5ccc(cc5)n(CC5CCCCC5)c(=O)c5ccc(cc5)c(=O)n([C@H](C)C5CCCCC5)c5ccc(c#cc31)cc5)cc4)cc2. The largest absolute Gasteiger partial charge is 0.308 e. The van der Waals surface area contributed by atoms with Gasteiger partial charge in [0.1, 0.15) is 0 Å². The van der Waals surface area contributed by atoms with Crippen LogP contribution in [-0.4, -0.2) is 27.4 Å². The number of fused-ring (bicyclic) bond motifs is 3. The fourth-order valence-electron chi connectivity index (χ4n) is 22.6. The number of hydrogen-bond donors (Lipinski definition) is 0. The standard InChI is InChI=1S/C123H120N6O6/c1-85(97-28-16-7-17-29-97)127-109-70-40-91(41-71-109)49-79-115-112(76-46-88-34-64-106(65-35-88)124(82-94-22-10-4-11-23-94)118(130)100-52-58-103(59-53-100)121(127)133)116-80-50-92-42-72-110(73-43-92)128(86(2)98-30-18-8-19-31-98)123(135)105-62-56-102(57-63-105)120(132)126(84-96-26-14-6-15-27-96)108-68-38-90(39-69-108)48-78-114(116)117-81-51-93-44-74-111(75-45-93)129(87(3)99-32-20-9-21-33-99)122(134)104-60-54-101(55-61-104)119(131)125(83-95-24-12-5-13-25-95)107-66-36-89(37-67-107)47-77-113(115)117/h34-45,52-75,85-87,94-99H,4-33,82-84H2,1-3H3/t85-,86-,87-/m1/s1. The number of rotatable bonds is 12. The topological polar surface area (TPSA) is 132 Å². The van der Waals surface area contributed by atoms with Crippen LogP contribution in [0.1, 0.15) is 232 Å². The predicted molar refractivity (Wildman–Crippen MR) is 554 cm³/mol. The average Bonchev–Trinajstić information content (AvgIpc) is 0.758. The van der Waals surface area contributed by atoms with Crippen LogP contribution in [0.5, 0.6) is 0 Å². The second kappa shape index (κ2) is 41.9. The van der Waals surface area contributed by atoms with Crippen LogP contribution < -0.4 is 33.4 Å². The third-order valence-corrected chi connectivity index (χ3v) is 30.7. The van der Waals surface area contributed by atoms with Gasteiger partial charge in [0, 0.05) is 135 Å². The zero-order valence-corrected chi connectivity index (χ0v) is 78.4. The number of hydrogen-bond acceptors (Lipinski definition) is 6. The molecule has 6 aliphatic rings. The van der Waals surface area contributed by atoms with E-state index in [2.05, 4.69) is 93.6 Å². The lowest BCUT2D eigenvalue weighted by atomic mass is 9.84. The fraction of sp³-hybridized carbons (Fsp3) is 0.366. The second-order valence-electron chi connectivity index (χ2n) is 39.5. The molecule has 0 saturated heterocycles. The van der Waals surface area contributed by atoms with Crippen molar-refractivity contribution < 1.29 is 0 Å². The number of aromatic nitrogens is 6. The molecule has 0 amide bonds. The van der Waals surface area contributed by atoms with E-state index in [0.29, 0.717) is 117 Å². The van der Waals surface area contributed by atoms with Gasteiger partial charge in [-0.05, 0) is 352 Å². The Morgan fingerprint density at radius 1 is 0.200 bits per heavy atom. The molecule has 6 fully saturated rings. The third-order valence-electron chi connectivity index (χ3n) is 30.7. The quantitative estimate of drug-likeness (QED) is 0.120. The first-order chi connectivity index (χ1) is 66.1. The van der Waals surface area contributed by atoms with Crippen LogP contribution in [0.4, 0.5) is 0 Å². The molecule has 12 nitrogen and oxygen atoms in total. The fourth-order valence-corrected chi connectivity index (χ4v) is 22.6. The first kappa shape index (κ1) is 90.5. The monoisotopic (exact) mass is 1780 g/mol. The molecule has 6 saturated carbocycles. The summed E-state index contributed by atoms with van der Waals surface area (Å²) in [6, 6.07) is 114. The van der Waals surface area contributed by atoms with Crippen molar-refractivity contribution in [2.45, 2.75) is 251 Å². The van der Waals surface area contributed by atoms with Gasteiger partial charge < -0.3 is 27.4 Å². The first-order valence-corrected chi connectivity index (χ1v) is 50.4. The summed E-state index contributed by atoms with van der Waals surface area (Å²) in [6.45, 7) is 8.12. The first-order valence-electron chi connectivity index (χ1n) is 50.4. The highest BCUT2D eigenvalue weighted by molar-refractivity contribution is 6.22. The lowest BCUT2D eigenvalue weighted by Gasteiger charge is -2.29. The van der Waals surface area contributed by atoms with Crippen LogP contribution in [0.2, 0.25) is 0 Å². The molecule has 0 aliphatic heterocycles. The summed E-state index contributed by atoms with van der Waals surface area (Å²) in [7, 11) is 0. The highest BCUT2D eigenvalue weighted by Crippen LogP contribution is 2.38. The zero-order valence-electron chi connectivity index (χ0n) is 78.4. The van der Waals surface area contributed by atoms with E-state index in [1.54, 1.807) is 0 Å². The molecule has 31 rings (SSSR count). The Labute approximate surface area is 792 Å². The maximum Gasteiger partial charge on any atom is 0.258 e. The van der Waals surface area contributed by atoms with E-state index in [0.717, 1.165) is 206 Å². The number of nitrogens with zero attached hydrogens (tertiary/aromatic N) is 6. The van der Waals surface area contributed by atoms with Gasteiger partial charge in [-0.2, -0.15) is 0 Å². The molecule has 3 atom stereocenters. The summed E-state index contributed by atoms with van der Waals surface area (Å²) < 4.78 is 11.6. The highest BCUT2D eigenvalue weighted by atomic mass is 16.2. The minimum absolute atomic E-state index is 0.147. The van der Waals surface area contributed by atoms with Crippen LogP contribution in [-0.2, 0) is 19.6 Å². The maximum atomic E-state index is 15.6. The molecule has 0 unspecified atom stereocenters. The average molecular weight is 1780 g/mol. The lowest BCUT2D eigenvalue weighted by Crippen LogP contribution is -2.28. The van der Waals surface area contributed by atoms with E-state index in [1.165, 1.54) is 19.3 Å². The van der Waals surface area contributed by atoms with Crippen molar-refractivity contribution in [1.29, 1.82) is 0 Å². The van der Waals surface area contributed by atoms with Gasteiger partial charge in [-0.3, -0.25) is 28.8 Å². The van der Waals surface area contributed by atoms with Crippen molar-refractivity contribution in [1.82, 2.24) is 27.4 Å². The molecule has 15 aromatic heterocycles. The Morgan fingerprint density at radius 2 is 0.363 bits per heavy atom. The van der Waals surface area contributed by atoms with Crippen LogP contribution in [0.15, 0.2) is 247 Å². The molecule has 135 heavy (non-hydrogen) atoms. The zero-order chi connectivity index (χ0) is 92.3. The molecule has 25 aromatic rings. The summed E-state index contributed by atoms with van der Waals surface area (Å²) in [6.07, 6.45) is 32.3. The van der Waals surface area contributed by atoms with E-state index in [-0.39, 0.29) is 87.0 Å². The van der Waals surface area contributed by atoms with Crippen molar-refractivity contribution in [3.05, 3.63) is 353 Å². The van der Waals surface area contributed by atoms with E-state index in [9.17, 15) is 0 Å². The lowest BCUT2D eigenvalue weighted by molar-refractivity contribution is 0.265. The van der Waals surface area contributed by atoms with Crippen LogP contribution in [0.3, 0.4) is 0 Å². The van der Waals surface area contributed by atoms with Gasteiger partial charge >= 0.3 is 0 Å². The van der Waals surface area contributed by atoms with Gasteiger partial charge in [-0.1, -0.05) is 188 Å². The van der Waals surface area contributed by atoms with Gasteiger partial charge in [0.25, 0.3) is 33.4 Å². The second-order valence-corrected chi connectivity index (χ2v) is 39.5. The summed E-state index contributed by atoms with van der Waals surface area (Å²) in [5.41, 5.74) is 3.47. The Kier molecular flexibility index (Phi) is 28.1. The predicted octanol–water partition coefficient (Wildman–Crippen LogP) is 27.7. The van der Waals surface area contributed by atoms with Crippen molar-refractivity contribution >= 4 is 130 Å². The van der Waals surface area contributed by atoms with Gasteiger partial charge in [0.05, 0.1) is 32.3 Å². The molecule has 18 bridgehead atoms. The summed E-state index contributed by atoms with van der Waals surface area (Å²) in [4.78, 5) is 93.4. The van der Waals surface area contributed by atoms with Gasteiger partial charge in [-0.25, -0.2) is 0 Å². The molecule has 10 aromatic carbocycles. The van der Waals surface area contributed by atoms with Crippen molar-refractivity contribution in [2.24, 2.45) is 35.5 Å². The summed E-state index contributed by atoms with van der Waals surface area (Å²) in [5.74, 6) is 1.65. The van der Waals surface area contributed by atoms with E-state index >= 15 is 28.8 Å². The minimum Gasteiger partial charge on any atom is -0.308 e. The van der Waals surface area contributed by atoms with Crippen molar-refractivity contribution in [3.8, 4) is 0 Å². The Hall–Kier alpha value is -13.6. The molecule has 12 heteroatoms. The maximum absolute atomic E-state index is 15.6. The molecular formula is C123H120N6O6. The van der Waals surface area contributed by atoms with E-state index in [4.69, 9.17) is 0 Å². The molecule has 6 aliphatic carbocycles. The van der Waals surface area contributed by atoms with Gasteiger partial charge in [0.2, 0.25) is 0 Å². The van der Waals surface area contributed by atoms with Gasteiger partial charge in [0.15, 0.2) is 0 Å². The Bertz CT molecular complexity index is 6730. The van der Waals surface area contributed by atoms with Gasteiger partial charge in [-0.15, -0.1) is 0 Å². The summed E-state index contributed by atoms with van der Waals surface area (Å²) in [5, 5.41) is 9.42. The number of benzene rings is 10. The highest BCUT2D eigenvalue weighted by Gasteiger charge is 2.28. The smallest absolute Gasteiger partial charge is 0.258 e. The molecule has 678 valence electrons. The minimum atomic E-state index is -0.163.